The molecule has 0 aliphatic heterocycles. The molecular weight excluding hydrogens is 152 g/mol. The van der Waals surface area contributed by atoms with E-state index < -0.39 is 0 Å². The summed E-state index contributed by atoms with van der Waals surface area (Å²) in [5.74, 6) is 0. The minimum absolute atomic E-state index is 0.0366. The number of hydrogen-bond acceptors (Lipinski definition) is 3. The Bertz CT molecular complexity index is 124. The van der Waals surface area contributed by atoms with Crippen molar-refractivity contribution in [1.82, 2.24) is 4.90 Å². The smallest absolute Gasteiger partial charge is 0.0524 e. The van der Waals surface area contributed by atoms with Crippen LogP contribution >= 0.6 is 0 Å². The normalized spacial score (nSPS) is 15.2. The molecule has 1 atom stereocenters. The molecule has 0 radical (unpaired) electrons. The number of nitrogens with zero attached hydrogens (tertiary/aromatic N) is 1. The average Bonchev–Trinajstić information content (AvgIpc) is 2.00. The van der Waals surface area contributed by atoms with E-state index in [-0.39, 0.29) is 11.6 Å². The van der Waals surface area contributed by atoms with Gasteiger partial charge in [0.2, 0.25) is 0 Å². The molecule has 0 aromatic carbocycles. The monoisotopic (exact) mass is 174 g/mol. The van der Waals surface area contributed by atoms with E-state index in [0.29, 0.717) is 6.54 Å². The first-order valence-electron chi connectivity index (χ1n) is 4.49. The van der Waals surface area contributed by atoms with Crippen molar-refractivity contribution in [2.75, 3.05) is 20.1 Å². The van der Waals surface area contributed by atoms with Gasteiger partial charge in [-0.1, -0.05) is 0 Å². The standard InChI is InChI=1S/C9H22N2O/c1-8(12)5-6-11(4)9(2,3)7-10/h8,12H,5-7,10H2,1-4H3. The van der Waals surface area contributed by atoms with Gasteiger partial charge in [-0.2, -0.15) is 0 Å². The summed E-state index contributed by atoms with van der Waals surface area (Å²) in [5.41, 5.74) is 5.65. The van der Waals surface area contributed by atoms with Crippen molar-refractivity contribution in [3.8, 4) is 0 Å². The Morgan fingerprint density at radius 2 is 2.00 bits per heavy atom. The van der Waals surface area contributed by atoms with E-state index in [1.165, 1.54) is 0 Å². The van der Waals surface area contributed by atoms with Crippen molar-refractivity contribution in [2.45, 2.75) is 38.8 Å². The zero-order chi connectivity index (χ0) is 9.78. The molecule has 0 aromatic rings. The first-order valence-corrected chi connectivity index (χ1v) is 4.49. The second kappa shape index (κ2) is 4.80. The lowest BCUT2D eigenvalue weighted by Crippen LogP contribution is -2.47. The van der Waals surface area contributed by atoms with Crippen molar-refractivity contribution in [2.24, 2.45) is 5.73 Å². The Morgan fingerprint density at radius 1 is 1.50 bits per heavy atom. The molecule has 74 valence electrons. The fraction of sp³-hybridized carbons (Fsp3) is 1.00. The molecule has 0 saturated carbocycles. The van der Waals surface area contributed by atoms with E-state index in [2.05, 4.69) is 18.7 Å². The van der Waals surface area contributed by atoms with Gasteiger partial charge in [0.1, 0.15) is 0 Å². The third-order valence-corrected chi connectivity index (χ3v) is 2.42. The van der Waals surface area contributed by atoms with Gasteiger partial charge in [0.05, 0.1) is 6.10 Å². The number of likely N-dealkylation sites (N-methyl/N-ethyl adjacent to an activating group) is 1. The number of hydrogen-bond donors (Lipinski definition) is 2. The fourth-order valence-corrected chi connectivity index (χ4v) is 0.839. The van der Waals surface area contributed by atoms with Crippen LogP contribution in [0.3, 0.4) is 0 Å². The zero-order valence-electron chi connectivity index (χ0n) is 8.67. The molecule has 0 heterocycles. The molecule has 0 aliphatic rings. The topological polar surface area (TPSA) is 49.5 Å². The Balaban J connectivity index is 3.78. The van der Waals surface area contributed by atoms with Gasteiger partial charge in [0.15, 0.2) is 0 Å². The van der Waals surface area contributed by atoms with E-state index >= 15 is 0 Å². The van der Waals surface area contributed by atoms with Crippen LogP contribution in [-0.4, -0.2) is 41.8 Å². The first-order chi connectivity index (χ1) is 5.40. The van der Waals surface area contributed by atoms with Crippen molar-refractivity contribution < 1.29 is 5.11 Å². The summed E-state index contributed by atoms with van der Waals surface area (Å²) in [4.78, 5) is 2.18. The number of nitrogens with two attached hydrogens (primary N) is 1. The van der Waals surface area contributed by atoms with E-state index in [1.54, 1.807) is 0 Å². The fourth-order valence-electron chi connectivity index (χ4n) is 0.839. The molecule has 0 spiro atoms. The van der Waals surface area contributed by atoms with Crippen LogP contribution in [0.25, 0.3) is 0 Å². The SMILES string of the molecule is CC(O)CCN(C)C(C)(C)CN. The molecule has 3 heteroatoms. The molecule has 3 nitrogen and oxygen atoms in total. The molecule has 3 N–H and O–H groups in total. The first kappa shape index (κ1) is 11.9. The predicted molar refractivity (Wildman–Crippen MR) is 52.1 cm³/mol. The molecule has 0 rings (SSSR count). The quantitative estimate of drug-likeness (QED) is 0.635. The highest BCUT2D eigenvalue weighted by atomic mass is 16.3. The highest BCUT2D eigenvalue weighted by Gasteiger charge is 2.20. The maximum absolute atomic E-state index is 9.08. The van der Waals surface area contributed by atoms with Crippen LogP contribution in [0.5, 0.6) is 0 Å². The molecule has 1 unspecified atom stereocenters. The molecular formula is C9H22N2O. The summed E-state index contributed by atoms with van der Waals surface area (Å²) in [6.07, 6.45) is 0.584. The van der Waals surface area contributed by atoms with Crippen LogP contribution < -0.4 is 5.73 Å². The van der Waals surface area contributed by atoms with Crippen LogP contribution in [-0.2, 0) is 0 Å². The van der Waals surface area contributed by atoms with Crippen molar-refractivity contribution in [1.29, 1.82) is 0 Å². The Morgan fingerprint density at radius 3 is 2.33 bits per heavy atom. The summed E-state index contributed by atoms with van der Waals surface area (Å²) >= 11 is 0. The maximum atomic E-state index is 9.08. The minimum Gasteiger partial charge on any atom is -0.393 e. The largest absolute Gasteiger partial charge is 0.393 e. The van der Waals surface area contributed by atoms with Crippen LogP contribution in [0.2, 0.25) is 0 Å². The van der Waals surface area contributed by atoms with Crippen molar-refractivity contribution in [3.63, 3.8) is 0 Å². The highest BCUT2D eigenvalue weighted by molar-refractivity contribution is 4.79. The van der Waals surface area contributed by atoms with Gasteiger partial charge in [-0.05, 0) is 34.2 Å². The van der Waals surface area contributed by atoms with Gasteiger partial charge < -0.3 is 10.8 Å². The van der Waals surface area contributed by atoms with E-state index in [1.807, 2.05) is 14.0 Å². The second-order valence-electron chi connectivity index (χ2n) is 4.08. The lowest BCUT2D eigenvalue weighted by atomic mass is 10.0. The van der Waals surface area contributed by atoms with Gasteiger partial charge in [-0.15, -0.1) is 0 Å². The molecule has 0 aliphatic carbocycles. The molecule has 0 saturated heterocycles. The highest BCUT2D eigenvalue weighted by Crippen LogP contribution is 2.10. The van der Waals surface area contributed by atoms with Gasteiger partial charge in [0, 0.05) is 18.6 Å². The van der Waals surface area contributed by atoms with E-state index in [0.717, 1.165) is 13.0 Å². The number of aliphatic hydroxyl groups excluding tert-OH is 1. The number of rotatable bonds is 5. The van der Waals surface area contributed by atoms with Gasteiger partial charge in [-0.3, -0.25) is 4.90 Å². The summed E-state index contributed by atoms with van der Waals surface area (Å²) in [6, 6.07) is 0. The van der Waals surface area contributed by atoms with Crippen molar-refractivity contribution in [3.05, 3.63) is 0 Å². The molecule has 0 bridgehead atoms. The van der Waals surface area contributed by atoms with Crippen LogP contribution in [0.1, 0.15) is 27.2 Å². The van der Waals surface area contributed by atoms with E-state index in [9.17, 15) is 0 Å². The van der Waals surface area contributed by atoms with Gasteiger partial charge in [-0.25, -0.2) is 0 Å². The summed E-state index contributed by atoms with van der Waals surface area (Å²) in [7, 11) is 2.04. The Kier molecular flexibility index (Phi) is 4.75. The third kappa shape index (κ3) is 4.04. The molecule has 0 amide bonds. The zero-order valence-corrected chi connectivity index (χ0v) is 8.67. The minimum atomic E-state index is -0.221. The summed E-state index contributed by atoms with van der Waals surface area (Å²) in [6.45, 7) is 7.55. The Labute approximate surface area is 75.6 Å². The maximum Gasteiger partial charge on any atom is 0.0524 e. The number of aliphatic hydroxyl groups is 1. The molecule has 0 fully saturated rings. The lowest BCUT2D eigenvalue weighted by Gasteiger charge is -2.34. The Hall–Kier alpha value is -0.120. The van der Waals surface area contributed by atoms with Gasteiger partial charge >= 0.3 is 0 Å². The molecule has 12 heavy (non-hydrogen) atoms. The summed E-state index contributed by atoms with van der Waals surface area (Å²) < 4.78 is 0. The third-order valence-electron chi connectivity index (χ3n) is 2.42. The molecule has 0 aromatic heterocycles. The van der Waals surface area contributed by atoms with Crippen LogP contribution in [0.4, 0.5) is 0 Å². The van der Waals surface area contributed by atoms with Gasteiger partial charge in [0.25, 0.3) is 0 Å². The van der Waals surface area contributed by atoms with E-state index in [4.69, 9.17) is 10.8 Å². The summed E-state index contributed by atoms with van der Waals surface area (Å²) in [5, 5.41) is 9.08. The average molecular weight is 174 g/mol. The van der Waals surface area contributed by atoms with Crippen molar-refractivity contribution >= 4 is 0 Å². The predicted octanol–water partition coefficient (Wildman–Crippen LogP) is 0.426. The lowest BCUT2D eigenvalue weighted by molar-refractivity contribution is 0.119. The van der Waals surface area contributed by atoms with Crippen LogP contribution in [0.15, 0.2) is 0 Å². The second-order valence-corrected chi connectivity index (χ2v) is 4.08. The van der Waals surface area contributed by atoms with Crippen LogP contribution in [0, 0.1) is 0 Å².